The number of nitrogens with one attached hydrogen (secondary N) is 1. The monoisotopic (exact) mass is 451 g/mol. The van der Waals surface area contributed by atoms with Crippen LogP contribution in [-0.2, 0) is 20.9 Å². The standard InChI is InChI=1S/C23H18ClN3O3S/c24-16-9-11-17(12-10-16)31-21-8-4-2-6-19(21)26-22(28)14-30-23(29)13-27-15-25-18-5-1-3-7-20(18)27/h1-12,15H,13-14H2,(H,26,28). The molecule has 0 spiro atoms. The van der Waals surface area contributed by atoms with E-state index in [1.807, 2.05) is 66.7 Å². The summed E-state index contributed by atoms with van der Waals surface area (Å²) >= 11 is 7.44. The van der Waals surface area contributed by atoms with E-state index in [2.05, 4.69) is 10.3 Å². The van der Waals surface area contributed by atoms with Crippen molar-refractivity contribution in [2.75, 3.05) is 11.9 Å². The molecule has 0 saturated carbocycles. The van der Waals surface area contributed by atoms with Crippen molar-refractivity contribution < 1.29 is 14.3 Å². The smallest absolute Gasteiger partial charge is 0.326 e. The summed E-state index contributed by atoms with van der Waals surface area (Å²) in [6.07, 6.45) is 1.58. The van der Waals surface area contributed by atoms with Gasteiger partial charge in [-0.15, -0.1) is 0 Å². The average molecular weight is 452 g/mol. The van der Waals surface area contributed by atoms with Crippen LogP contribution in [0, 0.1) is 0 Å². The molecular formula is C23H18ClN3O3S. The van der Waals surface area contributed by atoms with Crippen LogP contribution >= 0.6 is 23.4 Å². The second-order valence-corrected chi connectivity index (χ2v) is 8.17. The van der Waals surface area contributed by atoms with Crippen molar-refractivity contribution in [2.24, 2.45) is 0 Å². The lowest BCUT2D eigenvalue weighted by Crippen LogP contribution is -2.23. The van der Waals surface area contributed by atoms with E-state index in [0.717, 1.165) is 20.8 Å². The van der Waals surface area contributed by atoms with Crippen molar-refractivity contribution in [3.05, 3.63) is 84.1 Å². The minimum atomic E-state index is -0.512. The molecule has 4 rings (SSSR count). The number of hydrogen-bond acceptors (Lipinski definition) is 5. The van der Waals surface area contributed by atoms with Crippen molar-refractivity contribution in [3.63, 3.8) is 0 Å². The molecule has 3 aromatic carbocycles. The van der Waals surface area contributed by atoms with Gasteiger partial charge in [0.05, 0.1) is 23.0 Å². The molecule has 1 heterocycles. The second kappa shape index (κ2) is 9.68. The number of hydrogen-bond donors (Lipinski definition) is 1. The number of aromatic nitrogens is 2. The van der Waals surface area contributed by atoms with E-state index in [-0.39, 0.29) is 13.2 Å². The molecule has 0 aliphatic carbocycles. The molecule has 1 N–H and O–H groups in total. The zero-order chi connectivity index (χ0) is 21.6. The molecule has 156 valence electrons. The molecule has 8 heteroatoms. The molecule has 0 fully saturated rings. The maximum Gasteiger partial charge on any atom is 0.326 e. The first kappa shape index (κ1) is 21.0. The van der Waals surface area contributed by atoms with E-state index in [0.29, 0.717) is 10.7 Å². The Morgan fingerprint density at radius 1 is 1.00 bits per heavy atom. The highest BCUT2D eigenvalue weighted by Crippen LogP contribution is 2.33. The topological polar surface area (TPSA) is 73.2 Å². The molecule has 0 aliphatic rings. The summed E-state index contributed by atoms with van der Waals surface area (Å²) in [5.74, 6) is -0.921. The van der Waals surface area contributed by atoms with Gasteiger partial charge in [0.15, 0.2) is 6.61 Å². The molecular weight excluding hydrogens is 434 g/mol. The maximum atomic E-state index is 12.3. The highest BCUT2D eigenvalue weighted by Gasteiger charge is 2.12. The van der Waals surface area contributed by atoms with Gasteiger partial charge in [-0.1, -0.05) is 47.6 Å². The molecule has 31 heavy (non-hydrogen) atoms. The quantitative estimate of drug-likeness (QED) is 0.399. The number of esters is 1. The summed E-state index contributed by atoms with van der Waals surface area (Å²) < 4.78 is 6.84. The van der Waals surface area contributed by atoms with Gasteiger partial charge in [-0.25, -0.2) is 4.98 Å². The Labute approximate surface area is 188 Å². The number of nitrogens with zero attached hydrogens (tertiary/aromatic N) is 2. The summed E-state index contributed by atoms with van der Waals surface area (Å²) in [4.78, 5) is 30.6. The van der Waals surface area contributed by atoms with Crippen LogP contribution in [0.1, 0.15) is 0 Å². The number of benzene rings is 3. The van der Waals surface area contributed by atoms with Crippen LogP contribution < -0.4 is 5.32 Å². The third-order valence-corrected chi connectivity index (χ3v) is 5.73. The number of imidazole rings is 1. The summed E-state index contributed by atoms with van der Waals surface area (Å²) in [6, 6.07) is 22.4. The Balaban J connectivity index is 1.33. The van der Waals surface area contributed by atoms with Gasteiger partial charge in [-0.3, -0.25) is 9.59 Å². The van der Waals surface area contributed by atoms with Crippen LogP contribution in [-0.4, -0.2) is 28.0 Å². The zero-order valence-electron chi connectivity index (χ0n) is 16.3. The van der Waals surface area contributed by atoms with Gasteiger partial charge >= 0.3 is 5.97 Å². The zero-order valence-corrected chi connectivity index (χ0v) is 17.9. The van der Waals surface area contributed by atoms with Gasteiger partial charge in [0, 0.05) is 14.8 Å². The number of carbonyl (C=O) groups excluding carboxylic acids is 2. The second-order valence-electron chi connectivity index (χ2n) is 6.62. The number of rotatable bonds is 7. The molecule has 0 atom stereocenters. The molecule has 0 saturated heterocycles. The number of amides is 1. The van der Waals surface area contributed by atoms with Gasteiger partial charge in [-0.05, 0) is 48.5 Å². The predicted molar refractivity (Wildman–Crippen MR) is 121 cm³/mol. The van der Waals surface area contributed by atoms with Crippen LogP contribution in [0.4, 0.5) is 5.69 Å². The number of fused-ring (bicyclic) bond motifs is 1. The third kappa shape index (κ3) is 5.45. The normalized spacial score (nSPS) is 10.7. The summed E-state index contributed by atoms with van der Waals surface area (Å²) in [5, 5.41) is 3.47. The SMILES string of the molecule is O=C(COC(=O)Cn1cnc2ccccc21)Nc1ccccc1Sc1ccc(Cl)cc1. The molecule has 0 bridgehead atoms. The van der Waals surface area contributed by atoms with E-state index < -0.39 is 11.9 Å². The van der Waals surface area contributed by atoms with Crippen LogP contribution in [0.3, 0.4) is 0 Å². The van der Waals surface area contributed by atoms with Crippen LogP contribution in [0.2, 0.25) is 5.02 Å². The summed E-state index contributed by atoms with van der Waals surface area (Å²) in [5.41, 5.74) is 2.27. The van der Waals surface area contributed by atoms with E-state index in [4.69, 9.17) is 16.3 Å². The number of anilines is 1. The molecule has 1 amide bonds. The number of carbonyl (C=O) groups is 2. The molecule has 0 aliphatic heterocycles. The van der Waals surface area contributed by atoms with Crippen LogP contribution in [0.15, 0.2) is 88.9 Å². The van der Waals surface area contributed by atoms with Crippen LogP contribution in [0.25, 0.3) is 11.0 Å². The first-order valence-electron chi connectivity index (χ1n) is 9.46. The average Bonchev–Trinajstić information content (AvgIpc) is 3.18. The van der Waals surface area contributed by atoms with Gasteiger partial charge in [-0.2, -0.15) is 0 Å². The lowest BCUT2D eigenvalue weighted by Gasteiger charge is -2.11. The van der Waals surface area contributed by atoms with Gasteiger partial charge < -0.3 is 14.6 Å². The molecule has 0 radical (unpaired) electrons. The minimum absolute atomic E-state index is 0.0171. The summed E-state index contributed by atoms with van der Waals surface area (Å²) in [6.45, 7) is -0.387. The Kier molecular flexibility index (Phi) is 6.54. The summed E-state index contributed by atoms with van der Waals surface area (Å²) in [7, 11) is 0. The van der Waals surface area contributed by atoms with Gasteiger partial charge in [0.25, 0.3) is 5.91 Å². The van der Waals surface area contributed by atoms with E-state index in [1.54, 1.807) is 17.0 Å². The predicted octanol–water partition coefficient (Wildman–Crippen LogP) is 5.02. The maximum absolute atomic E-state index is 12.3. The molecule has 6 nitrogen and oxygen atoms in total. The minimum Gasteiger partial charge on any atom is -0.454 e. The fraction of sp³-hybridized carbons (Fsp3) is 0.0870. The molecule has 1 aromatic heterocycles. The van der Waals surface area contributed by atoms with Gasteiger partial charge in [0.1, 0.15) is 6.54 Å². The Morgan fingerprint density at radius 3 is 2.58 bits per heavy atom. The largest absolute Gasteiger partial charge is 0.454 e. The van der Waals surface area contributed by atoms with E-state index in [1.165, 1.54) is 11.8 Å². The first-order valence-corrected chi connectivity index (χ1v) is 10.7. The van der Waals surface area contributed by atoms with Crippen molar-refractivity contribution in [1.29, 1.82) is 0 Å². The van der Waals surface area contributed by atoms with Crippen molar-refractivity contribution in [1.82, 2.24) is 9.55 Å². The Hall–Kier alpha value is -3.29. The highest BCUT2D eigenvalue weighted by atomic mass is 35.5. The highest BCUT2D eigenvalue weighted by molar-refractivity contribution is 7.99. The molecule has 0 unspecified atom stereocenters. The van der Waals surface area contributed by atoms with E-state index in [9.17, 15) is 9.59 Å². The lowest BCUT2D eigenvalue weighted by molar-refractivity contribution is -0.147. The number of para-hydroxylation sites is 3. The lowest BCUT2D eigenvalue weighted by atomic mass is 10.3. The van der Waals surface area contributed by atoms with Gasteiger partial charge in [0.2, 0.25) is 0 Å². The fourth-order valence-corrected chi connectivity index (χ4v) is 3.97. The number of ether oxygens (including phenoxy) is 1. The Morgan fingerprint density at radius 2 is 1.74 bits per heavy atom. The van der Waals surface area contributed by atoms with Crippen molar-refractivity contribution >= 4 is 52.0 Å². The third-order valence-electron chi connectivity index (χ3n) is 4.39. The Bertz CT molecular complexity index is 1220. The van der Waals surface area contributed by atoms with Crippen LogP contribution in [0.5, 0.6) is 0 Å². The number of halogens is 1. The van der Waals surface area contributed by atoms with E-state index >= 15 is 0 Å². The fourth-order valence-electron chi connectivity index (χ4n) is 2.94. The first-order chi connectivity index (χ1) is 15.1. The molecule has 4 aromatic rings. The van der Waals surface area contributed by atoms with Crippen molar-refractivity contribution in [2.45, 2.75) is 16.3 Å². The van der Waals surface area contributed by atoms with Crippen molar-refractivity contribution in [3.8, 4) is 0 Å².